The Bertz CT molecular complexity index is 1010. The maximum atomic E-state index is 12.8. The molecule has 0 heterocycles. The van der Waals surface area contributed by atoms with Crippen molar-refractivity contribution in [3.05, 3.63) is 48.6 Å². The number of nitrogens with one attached hydrogen (secondary N) is 1. The molecule has 1 amide bonds. The molecule has 0 aromatic rings. The Morgan fingerprint density at radius 3 is 1.68 bits per heavy atom. The molecule has 0 fully saturated rings. The van der Waals surface area contributed by atoms with Gasteiger partial charge in [-0.25, -0.2) is 0 Å². The molecule has 2 N–H and O–H groups in total. The number of amides is 1. The number of phosphoric ester groups is 1. The van der Waals surface area contributed by atoms with Gasteiger partial charge in [-0.3, -0.25) is 9.36 Å². The number of hydrogen-bond acceptors (Lipinski definition) is 6. The normalized spacial score (nSPS) is 14.9. The smallest absolute Gasteiger partial charge is 0.268 e. The summed E-state index contributed by atoms with van der Waals surface area (Å²) in [7, 11) is 1.23. The van der Waals surface area contributed by atoms with Gasteiger partial charge in [-0.05, 0) is 64.2 Å². The highest BCUT2D eigenvalue weighted by Gasteiger charge is 2.23. The monoisotopic (exact) mass is 767 g/mol. The average Bonchev–Trinajstić information content (AvgIpc) is 3.10. The van der Waals surface area contributed by atoms with Crippen molar-refractivity contribution < 1.29 is 32.9 Å². The van der Waals surface area contributed by atoms with E-state index in [2.05, 4.69) is 55.6 Å². The molecule has 3 unspecified atom stereocenters. The number of aliphatic hydroxyl groups is 1. The van der Waals surface area contributed by atoms with Crippen LogP contribution < -0.4 is 10.2 Å². The molecule has 0 bridgehead atoms. The Balaban J connectivity index is 4.51. The molecule has 0 aliphatic heterocycles. The van der Waals surface area contributed by atoms with Crippen molar-refractivity contribution in [3.8, 4) is 0 Å². The largest absolute Gasteiger partial charge is 0.756 e. The minimum absolute atomic E-state index is 0.00943. The fraction of sp³-hybridized carbons (Fsp3) is 0.795. The van der Waals surface area contributed by atoms with Crippen LogP contribution in [0.1, 0.15) is 174 Å². The van der Waals surface area contributed by atoms with Gasteiger partial charge in [0, 0.05) is 6.42 Å². The Morgan fingerprint density at radius 2 is 1.11 bits per heavy atom. The second-order valence-corrected chi connectivity index (χ2v) is 17.1. The summed E-state index contributed by atoms with van der Waals surface area (Å²) in [5.41, 5.74) is 0. The Labute approximate surface area is 327 Å². The molecule has 0 saturated heterocycles. The summed E-state index contributed by atoms with van der Waals surface area (Å²) >= 11 is 0. The van der Waals surface area contributed by atoms with Crippen LogP contribution in [0.2, 0.25) is 0 Å². The molecule has 3 atom stereocenters. The van der Waals surface area contributed by atoms with Crippen molar-refractivity contribution in [2.75, 3.05) is 40.9 Å². The molecule has 0 aromatic carbocycles. The van der Waals surface area contributed by atoms with E-state index in [0.717, 1.165) is 57.8 Å². The first kappa shape index (κ1) is 51.5. The zero-order valence-corrected chi connectivity index (χ0v) is 35.8. The van der Waals surface area contributed by atoms with Crippen molar-refractivity contribution in [2.24, 2.45) is 0 Å². The van der Waals surface area contributed by atoms with E-state index in [-0.39, 0.29) is 12.5 Å². The summed E-state index contributed by atoms with van der Waals surface area (Å²) in [4.78, 5) is 25.2. The van der Waals surface area contributed by atoms with Crippen molar-refractivity contribution in [1.29, 1.82) is 0 Å². The number of unbranched alkanes of at least 4 members (excludes halogenated alkanes) is 19. The van der Waals surface area contributed by atoms with Gasteiger partial charge >= 0.3 is 0 Å². The summed E-state index contributed by atoms with van der Waals surface area (Å²) in [6.07, 6.45) is 44.4. The van der Waals surface area contributed by atoms with Gasteiger partial charge in [-0.15, -0.1) is 0 Å². The number of likely N-dealkylation sites (N-methyl/N-ethyl adjacent to an activating group) is 1. The van der Waals surface area contributed by atoms with Crippen molar-refractivity contribution in [1.82, 2.24) is 5.32 Å². The predicted molar refractivity (Wildman–Crippen MR) is 224 cm³/mol. The second kappa shape index (κ2) is 36.1. The van der Waals surface area contributed by atoms with E-state index in [1.165, 1.54) is 96.3 Å². The molecule has 8 nitrogen and oxygen atoms in total. The zero-order chi connectivity index (χ0) is 39.3. The van der Waals surface area contributed by atoms with E-state index in [9.17, 15) is 19.4 Å². The predicted octanol–water partition coefficient (Wildman–Crippen LogP) is 11.1. The Hall–Kier alpha value is -1.54. The minimum Gasteiger partial charge on any atom is -0.756 e. The van der Waals surface area contributed by atoms with Gasteiger partial charge in [0.25, 0.3) is 7.82 Å². The minimum atomic E-state index is -4.59. The second-order valence-electron chi connectivity index (χ2n) is 15.7. The van der Waals surface area contributed by atoms with E-state index in [1.54, 1.807) is 6.08 Å². The summed E-state index contributed by atoms with van der Waals surface area (Å²) < 4.78 is 23.1. The number of phosphoric acid groups is 1. The number of rotatable bonds is 38. The van der Waals surface area contributed by atoms with Crippen LogP contribution in [0.4, 0.5) is 0 Å². The van der Waals surface area contributed by atoms with Crippen molar-refractivity contribution >= 4 is 13.7 Å². The summed E-state index contributed by atoms with van der Waals surface area (Å²) in [5.74, 6) is -0.218. The quantitative estimate of drug-likeness (QED) is 0.0280. The number of allylic oxidation sites excluding steroid dienone is 7. The molecule has 0 aliphatic rings. The van der Waals surface area contributed by atoms with Gasteiger partial charge < -0.3 is 28.8 Å². The first-order valence-corrected chi connectivity index (χ1v) is 23.0. The lowest BCUT2D eigenvalue weighted by atomic mass is 10.1. The molecule has 0 radical (unpaired) electrons. The van der Waals surface area contributed by atoms with Gasteiger partial charge in [0.1, 0.15) is 13.2 Å². The highest BCUT2D eigenvalue weighted by molar-refractivity contribution is 7.45. The fourth-order valence-corrected chi connectivity index (χ4v) is 6.51. The van der Waals surface area contributed by atoms with Crippen LogP contribution in [0.3, 0.4) is 0 Å². The average molecular weight is 767 g/mol. The zero-order valence-electron chi connectivity index (χ0n) is 35.0. The van der Waals surface area contributed by atoms with Crippen LogP contribution >= 0.6 is 7.82 Å². The third kappa shape index (κ3) is 38.5. The molecular weight excluding hydrogens is 683 g/mol. The number of hydrogen-bond donors (Lipinski definition) is 2. The topological polar surface area (TPSA) is 108 Å². The van der Waals surface area contributed by atoms with Crippen molar-refractivity contribution in [3.63, 3.8) is 0 Å². The van der Waals surface area contributed by atoms with Crippen molar-refractivity contribution in [2.45, 2.75) is 187 Å². The number of nitrogens with zero attached hydrogens (tertiary/aromatic N) is 1. The van der Waals surface area contributed by atoms with Gasteiger partial charge in [0.05, 0.1) is 39.9 Å². The van der Waals surface area contributed by atoms with Gasteiger partial charge in [0.2, 0.25) is 5.91 Å². The van der Waals surface area contributed by atoms with Crippen LogP contribution in [-0.4, -0.2) is 68.5 Å². The first-order chi connectivity index (χ1) is 25.5. The summed E-state index contributed by atoms with van der Waals surface area (Å²) in [6, 6.07) is -0.906. The molecule has 0 aromatic heterocycles. The summed E-state index contributed by atoms with van der Waals surface area (Å²) in [5, 5.41) is 13.7. The standard InChI is InChI=1S/C44H83N2O6P/c1-6-8-10-12-14-16-18-20-22-23-24-26-28-30-32-34-36-38-44(48)45-42(41-52-53(49,50)51-40-39-46(3,4)5)43(47)37-35-33-31-29-27-25-21-19-17-15-13-11-9-7-2/h14,16,20,22,27,29,35,37,42-43,47H,6-13,15,17-19,21,23-26,28,30-34,36,38-41H2,1-5H3,(H-,45,48,49,50)/b16-14-,22-20-,29-27+,37-35+. The van der Waals surface area contributed by atoms with Crippen LogP contribution in [0.15, 0.2) is 48.6 Å². The van der Waals surface area contributed by atoms with E-state index in [4.69, 9.17) is 9.05 Å². The van der Waals surface area contributed by atoms with Gasteiger partial charge in [0.15, 0.2) is 0 Å². The molecule has 0 saturated carbocycles. The van der Waals surface area contributed by atoms with Crippen LogP contribution in [0, 0.1) is 0 Å². The first-order valence-electron chi connectivity index (χ1n) is 21.5. The van der Waals surface area contributed by atoms with Crippen LogP contribution in [-0.2, 0) is 18.4 Å². The molecule has 9 heteroatoms. The highest BCUT2D eigenvalue weighted by atomic mass is 31.2. The molecular formula is C44H83N2O6P. The van der Waals surface area contributed by atoms with E-state index >= 15 is 0 Å². The van der Waals surface area contributed by atoms with E-state index in [0.29, 0.717) is 17.4 Å². The summed E-state index contributed by atoms with van der Waals surface area (Å²) in [6.45, 7) is 4.57. The molecule has 310 valence electrons. The Morgan fingerprint density at radius 1 is 0.660 bits per heavy atom. The number of aliphatic hydroxyl groups excluding tert-OH is 1. The lowest BCUT2D eigenvalue weighted by Gasteiger charge is -2.29. The Kier molecular flexibility index (Phi) is 35.1. The molecule has 0 aliphatic carbocycles. The molecule has 0 rings (SSSR count). The number of carbonyl (C=O) groups is 1. The lowest BCUT2D eigenvalue weighted by Crippen LogP contribution is -2.45. The number of carbonyl (C=O) groups excluding carboxylic acids is 1. The van der Waals surface area contributed by atoms with Gasteiger partial charge in [-0.2, -0.15) is 0 Å². The maximum Gasteiger partial charge on any atom is 0.268 e. The lowest BCUT2D eigenvalue weighted by molar-refractivity contribution is -0.870. The molecule has 53 heavy (non-hydrogen) atoms. The van der Waals surface area contributed by atoms with E-state index in [1.807, 2.05) is 27.2 Å². The van der Waals surface area contributed by atoms with Crippen LogP contribution in [0.25, 0.3) is 0 Å². The highest BCUT2D eigenvalue weighted by Crippen LogP contribution is 2.38. The maximum absolute atomic E-state index is 12.8. The third-order valence-electron chi connectivity index (χ3n) is 9.26. The van der Waals surface area contributed by atoms with E-state index < -0.39 is 26.6 Å². The van der Waals surface area contributed by atoms with Crippen LogP contribution in [0.5, 0.6) is 0 Å². The van der Waals surface area contributed by atoms with Gasteiger partial charge in [-0.1, -0.05) is 152 Å². The molecule has 0 spiro atoms. The fourth-order valence-electron chi connectivity index (χ4n) is 5.78. The SMILES string of the molecule is CCCCC/C=C\C/C=C\CCCCCCCCCC(=O)NC(COP(=O)([O-])OCC[N+](C)(C)C)C(O)/C=C/CC/C=C/CCCCCCCCCC. The third-order valence-corrected chi connectivity index (χ3v) is 10.2. The number of quaternary nitrogens is 1.